The van der Waals surface area contributed by atoms with Crippen LogP contribution in [0.4, 0.5) is 0 Å². The van der Waals surface area contributed by atoms with Gasteiger partial charge in [0.2, 0.25) is 11.8 Å². The third-order valence-electron chi connectivity index (χ3n) is 4.85. The first-order valence-corrected chi connectivity index (χ1v) is 12.3. The minimum atomic E-state index is -0.538. The minimum Gasteiger partial charge on any atom is -0.355 e. The monoisotopic (exact) mass is 480 g/mol. The number of carbonyl (C=O) groups is 2. The summed E-state index contributed by atoms with van der Waals surface area (Å²) in [4.78, 5) is 27.5. The van der Waals surface area contributed by atoms with Gasteiger partial charge >= 0.3 is 0 Å². The predicted octanol–water partition coefficient (Wildman–Crippen LogP) is 5.79. The average molecular weight is 481 g/mol. The van der Waals surface area contributed by atoms with Crippen molar-refractivity contribution in [3.63, 3.8) is 0 Å². The van der Waals surface area contributed by atoms with E-state index in [2.05, 4.69) is 37.4 Å². The highest BCUT2D eigenvalue weighted by Crippen LogP contribution is 2.25. The topological polar surface area (TPSA) is 49.4 Å². The normalized spacial score (nSPS) is 11.8. The Morgan fingerprint density at radius 2 is 1.68 bits per heavy atom. The molecule has 0 aliphatic carbocycles. The summed E-state index contributed by atoms with van der Waals surface area (Å²) < 4.78 is 0. The molecule has 0 spiro atoms. The Morgan fingerprint density at radius 3 is 2.26 bits per heavy atom. The van der Waals surface area contributed by atoms with E-state index in [1.165, 1.54) is 16.7 Å². The lowest BCUT2D eigenvalue weighted by Crippen LogP contribution is -2.49. The van der Waals surface area contributed by atoms with Crippen molar-refractivity contribution in [1.29, 1.82) is 0 Å². The van der Waals surface area contributed by atoms with E-state index in [0.717, 1.165) is 11.3 Å². The maximum absolute atomic E-state index is 13.2. The molecule has 2 amide bonds. The van der Waals surface area contributed by atoms with Gasteiger partial charge < -0.3 is 10.2 Å². The molecule has 0 heterocycles. The van der Waals surface area contributed by atoms with Crippen molar-refractivity contribution in [3.8, 4) is 0 Å². The zero-order valence-electron chi connectivity index (χ0n) is 18.5. The van der Waals surface area contributed by atoms with Gasteiger partial charge in [0.25, 0.3) is 0 Å². The highest BCUT2D eigenvalue weighted by molar-refractivity contribution is 7.99. The van der Waals surface area contributed by atoms with E-state index in [4.69, 9.17) is 23.2 Å². The molecule has 4 nitrogen and oxygen atoms in total. The number of halogens is 2. The van der Waals surface area contributed by atoms with Crippen LogP contribution in [0.15, 0.2) is 36.4 Å². The number of carbonyl (C=O) groups excluding carboxylic acids is 2. The molecule has 7 heteroatoms. The lowest BCUT2D eigenvalue weighted by Gasteiger charge is -2.30. The molecule has 31 heavy (non-hydrogen) atoms. The van der Waals surface area contributed by atoms with Crippen LogP contribution in [0.1, 0.15) is 42.5 Å². The number of thioether (sulfide) groups is 1. The van der Waals surface area contributed by atoms with Crippen LogP contribution in [0.2, 0.25) is 10.0 Å². The molecule has 1 N–H and O–H groups in total. The molecule has 0 saturated heterocycles. The lowest BCUT2D eigenvalue weighted by molar-refractivity contribution is -0.139. The largest absolute Gasteiger partial charge is 0.355 e. The fraction of sp³-hybridized carbons (Fsp3) is 0.417. The number of amides is 2. The van der Waals surface area contributed by atoms with Crippen LogP contribution in [0.5, 0.6) is 0 Å². The summed E-state index contributed by atoms with van der Waals surface area (Å²) in [6.07, 6.45) is 0.528. The molecule has 168 valence electrons. The van der Waals surface area contributed by atoms with Crippen LogP contribution in [-0.4, -0.2) is 35.1 Å². The second-order valence-corrected chi connectivity index (χ2v) is 9.38. The first-order chi connectivity index (χ1) is 14.7. The number of benzene rings is 2. The van der Waals surface area contributed by atoms with Gasteiger partial charge in [-0.05, 0) is 50.5 Å². The van der Waals surface area contributed by atoms with E-state index in [0.29, 0.717) is 35.3 Å². The van der Waals surface area contributed by atoms with E-state index in [9.17, 15) is 9.59 Å². The first kappa shape index (κ1) is 25.6. The van der Waals surface area contributed by atoms with Crippen LogP contribution in [0.25, 0.3) is 0 Å². The fourth-order valence-corrected chi connectivity index (χ4v) is 4.70. The Morgan fingerprint density at radius 1 is 1.00 bits per heavy atom. The van der Waals surface area contributed by atoms with E-state index in [1.807, 2.05) is 19.9 Å². The van der Waals surface area contributed by atoms with E-state index >= 15 is 0 Å². The summed E-state index contributed by atoms with van der Waals surface area (Å²) in [5.74, 6) is 0.827. The highest BCUT2D eigenvalue weighted by Gasteiger charge is 2.28. The zero-order chi connectivity index (χ0) is 23.0. The standard InChI is InChI=1S/C24H30Cl2N2O2S/c1-5-22(24(30)27-6-2)28(13-18-7-8-20(25)21(26)12-18)23(29)15-31-14-19-10-16(3)9-17(4)11-19/h7-12,22H,5-6,13-15H2,1-4H3,(H,27,30)/t22-/m0/s1. The van der Waals surface area contributed by atoms with Gasteiger partial charge in [-0.25, -0.2) is 0 Å². The van der Waals surface area contributed by atoms with Gasteiger partial charge in [-0.3, -0.25) is 9.59 Å². The van der Waals surface area contributed by atoms with Gasteiger partial charge in [0.15, 0.2) is 0 Å². The van der Waals surface area contributed by atoms with Crippen molar-refractivity contribution in [2.24, 2.45) is 0 Å². The Balaban J connectivity index is 2.15. The van der Waals surface area contributed by atoms with Crippen LogP contribution in [0.3, 0.4) is 0 Å². The molecule has 2 aromatic rings. The van der Waals surface area contributed by atoms with Crippen molar-refractivity contribution in [3.05, 3.63) is 68.7 Å². The number of likely N-dealkylation sites (N-methyl/N-ethyl adjacent to an activating group) is 1. The van der Waals surface area contributed by atoms with Crippen molar-refractivity contribution >= 4 is 46.8 Å². The molecule has 0 bridgehead atoms. The molecule has 1 atom stereocenters. The Kier molecular flexibility index (Phi) is 10.2. The molecule has 0 radical (unpaired) electrons. The zero-order valence-corrected chi connectivity index (χ0v) is 20.8. The number of hydrogen-bond acceptors (Lipinski definition) is 3. The van der Waals surface area contributed by atoms with Gasteiger partial charge in [0, 0.05) is 18.8 Å². The lowest BCUT2D eigenvalue weighted by atomic mass is 10.1. The third kappa shape index (κ3) is 7.74. The first-order valence-electron chi connectivity index (χ1n) is 10.4. The maximum Gasteiger partial charge on any atom is 0.242 e. The summed E-state index contributed by atoms with van der Waals surface area (Å²) in [5, 5.41) is 3.74. The number of nitrogens with one attached hydrogen (secondary N) is 1. The summed E-state index contributed by atoms with van der Waals surface area (Å²) in [6.45, 7) is 8.75. The Hall–Kier alpha value is -1.69. The maximum atomic E-state index is 13.2. The van der Waals surface area contributed by atoms with Crippen molar-refractivity contribution < 1.29 is 9.59 Å². The number of nitrogens with zero attached hydrogens (tertiary/aromatic N) is 1. The van der Waals surface area contributed by atoms with Crippen molar-refractivity contribution in [2.75, 3.05) is 12.3 Å². The molecule has 0 unspecified atom stereocenters. The predicted molar refractivity (Wildman–Crippen MR) is 132 cm³/mol. The molecule has 0 fully saturated rings. The fourth-order valence-electron chi connectivity index (χ4n) is 3.54. The SMILES string of the molecule is CCNC(=O)[C@H](CC)N(Cc1ccc(Cl)c(Cl)c1)C(=O)CSCc1cc(C)cc(C)c1. The van der Waals surface area contributed by atoms with E-state index in [-0.39, 0.29) is 11.8 Å². The Labute approximate surface area is 199 Å². The number of aryl methyl sites for hydroxylation is 2. The summed E-state index contributed by atoms with van der Waals surface area (Å²) in [7, 11) is 0. The Bertz CT molecular complexity index is 900. The minimum absolute atomic E-state index is 0.0708. The molecular formula is C24H30Cl2N2O2S. The second-order valence-electron chi connectivity index (χ2n) is 7.58. The van der Waals surface area contributed by atoms with Gasteiger partial charge in [-0.15, -0.1) is 11.8 Å². The molecule has 2 rings (SSSR count). The van der Waals surface area contributed by atoms with Crippen LogP contribution in [-0.2, 0) is 21.9 Å². The average Bonchev–Trinajstić information content (AvgIpc) is 2.70. The smallest absolute Gasteiger partial charge is 0.242 e. The second kappa shape index (κ2) is 12.4. The van der Waals surface area contributed by atoms with Crippen LogP contribution in [0, 0.1) is 13.8 Å². The summed E-state index contributed by atoms with van der Waals surface area (Å²) in [6, 6.07) is 11.2. The molecule has 0 aliphatic heterocycles. The van der Waals surface area contributed by atoms with E-state index in [1.54, 1.807) is 28.8 Å². The van der Waals surface area contributed by atoms with E-state index < -0.39 is 6.04 Å². The molecule has 2 aromatic carbocycles. The van der Waals surface area contributed by atoms with Crippen LogP contribution < -0.4 is 5.32 Å². The third-order valence-corrected chi connectivity index (χ3v) is 6.58. The van der Waals surface area contributed by atoms with Gasteiger partial charge in [-0.2, -0.15) is 0 Å². The number of rotatable bonds is 10. The van der Waals surface area contributed by atoms with Gasteiger partial charge in [0.1, 0.15) is 6.04 Å². The molecule has 0 aromatic heterocycles. The van der Waals surface area contributed by atoms with Gasteiger partial charge in [0.05, 0.1) is 15.8 Å². The molecular weight excluding hydrogens is 451 g/mol. The molecule has 0 saturated carbocycles. The van der Waals surface area contributed by atoms with Crippen LogP contribution >= 0.6 is 35.0 Å². The summed E-state index contributed by atoms with van der Waals surface area (Å²) >= 11 is 13.8. The quantitative estimate of drug-likeness (QED) is 0.468. The number of hydrogen-bond donors (Lipinski definition) is 1. The molecule has 0 aliphatic rings. The highest BCUT2D eigenvalue weighted by atomic mass is 35.5. The summed E-state index contributed by atoms with van der Waals surface area (Å²) in [5.41, 5.74) is 4.46. The van der Waals surface area contributed by atoms with Crippen molar-refractivity contribution in [1.82, 2.24) is 10.2 Å². The van der Waals surface area contributed by atoms with Gasteiger partial charge in [-0.1, -0.05) is 65.5 Å². The van der Waals surface area contributed by atoms with Crippen molar-refractivity contribution in [2.45, 2.75) is 52.5 Å².